The van der Waals surface area contributed by atoms with E-state index in [-0.39, 0.29) is 150 Å². The average Bonchev–Trinajstić information content (AvgIpc) is 3.95. The summed E-state index contributed by atoms with van der Waals surface area (Å²) < 4.78 is 5.48. The summed E-state index contributed by atoms with van der Waals surface area (Å²) in [5.74, 6) is -8.41. The Morgan fingerprint density at radius 1 is 0.747 bits per heavy atom. The molecule has 9 amide bonds. The number of hydrogen-bond donors (Lipinski definition) is 12. The number of nitrogens with zero attached hydrogens (tertiary/aromatic N) is 2. The third kappa shape index (κ3) is 28.1. The molecule has 1 aromatic carbocycles. The number of carbonyl (C=O) groups excluding carboxylic acids is 11. The number of carboxylic acid groups (broad SMARTS) is 1. The van der Waals surface area contributed by atoms with E-state index in [1.807, 2.05) is 27.7 Å². The molecule has 83 heavy (non-hydrogen) atoms. The maximum absolute atomic E-state index is 14.2. The number of phenols is 1. The molecule has 27 nitrogen and oxygen atoms in total. The number of Topliss-reactive ketones (excluding diaryl/α,β-unsaturated/α-hetero) is 2. The number of hydrogen-bond acceptors (Lipinski definition) is 17. The van der Waals surface area contributed by atoms with Crippen LogP contribution in [-0.4, -0.2) is 185 Å². The predicted octanol–water partition coefficient (Wildman–Crippen LogP) is -1.05. The summed E-state index contributed by atoms with van der Waals surface area (Å²) in [4.78, 5) is 161. The molecule has 28 heteroatoms. The maximum atomic E-state index is 14.2. The lowest BCUT2D eigenvalue weighted by molar-refractivity contribution is -0.141. The molecule has 3 rings (SSSR count). The van der Waals surface area contributed by atoms with E-state index >= 15 is 0 Å². The summed E-state index contributed by atoms with van der Waals surface area (Å²) in [6, 6.07) is 1.66. The molecule has 2 fully saturated rings. The fourth-order valence-corrected chi connectivity index (χ4v) is 10.1. The van der Waals surface area contributed by atoms with Crippen molar-refractivity contribution in [3.63, 3.8) is 0 Å². The number of guanidine groups is 1. The fourth-order valence-electron chi connectivity index (χ4n) is 8.96. The molecule has 0 bridgehead atoms. The monoisotopic (exact) mass is 1190 g/mol. The number of carboxylic acids is 1. The number of thioether (sulfide) groups is 1. The van der Waals surface area contributed by atoms with Crippen molar-refractivity contribution >= 4 is 88.4 Å². The molecule has 2 saturated heterocycles. The molecule has 0 radical (unpaired) electrons. The second-order valence-electron chi connectivity index (χ2n) is 21.0. The Morgan fingerprint density at radius 2 is 1.39 bits per heavy atom. The SMILES string of the molecule is CC(C)N[C@@H](CCCCNC(=O)CCOCCNC(=O)CCN1C(=O)CC(SCCC(=O)NCCCC[C@@H]2NC(=O)[C@H](CCCN=C(N)N)NC(=O)CNC(=O)[C@H](CC(=O)O)NC(=O)[C@H](Cc3ccc(O)cc3)CC2=O)C1=O)C(=O)C(C)C. The van der Waals surface area contributed by atoms with Gasteiger partial charge in [0.2, 0.25) is 53.2 Å². The topological polar surface area (TPSA) is 418 Å². The van der Waals surface area contributed by atoms with Crippen molar-refractivity contribution in [2.45, 2.75) is 159 Å². The number of aliphatic imine (C=N–C) groups is 1. The number of aliphatic carboxylic acids is 1. The summed E-state index contributed by atoms with van der Waals surface area (Å²) in [6.07, 6.45) is 1.53. The van der Waals surface area contributed by atoms with Crippen LogP contribution in [0.15, 0.2) is 29.3 Å². The van der Waals surface area contributed by atoms with Crippen LogP contribution in [0.2, 0.25) is 0 Å². The van der Waals surface area contributed by atoms with Crippen LogP contribution in [0.4, 0.5) is 0 Å². The first-order valence-corrected chi connectivity index (χ1v) is 29.4. The van der Waals surface area contributed by atoms with Crippen LogP contribution in [0, 0.1) is 11.8 Å². The smallest absolute Gasteiger partial charge is 0.305 e. The fraction of sp³-hybridized carbons (Fsp3) is 0.655. The van der Waals surface area contributed by atoms with Gasteiger partial charge in [-0.3, -0.25) is 67.4 Å². The highest BCUT2D eigenvalue weighted by atomic mass is 32.2. The van der Waals surface area contributed by atoms with Crippen LogP contribution in [0.25, 0.3) is 0 Å². The molecular formula is C55H86N12O15S. The van der Waals surface area contributed by atoms with Crippen molar-refractivity contribution in [3.8, 4) is 5.75 Å². The van der Waals surface area contributed by atoms with Gasteiger partial charge in [0.1, 0.15) is 17.8 Å². The second kappa shape index (κ2) is 37.8. The van der Waals surface area contributed by atoms with Crippen molar-refractivity contribution in [1.29, 1.82) is 0 Å². The number of benzene rings is 1. The number of aromatic hydroxyl groups is 1. The highest BCUT2D eigenvalue weighted by molar-refractivity contribution is 8.00. The first-order chi connectivity index (χ1) is 39.4. The molecule has 0 saturated carbocycles. The van der Waals surface area contributed by atoms with Crippen LogP contribution < -0.4 is 54.0 Å². The quantitative estimate of drug-likeness (QED) is 0.0167. The number of phenolic OH excluding ortho intramolecular Hbond substituents is 1. The molecule has 462 valence electrons. The van der Waals surface area contributed by atoms with Gasteiger partial charge in [0, 0.05) is 88.5 Å². The van der Waals surface area contributed by atoms with E-state index in [1.165, 1.54) is 24.3 Å². The minimum Gasteiger partial charge on any atom is -0.508 e. The lowest BCUT2D eigenvalue weighted by Gasteiger charge is -2.25. The van der Waals surface area contributed by atoms with Gasteiger partial charge in [0.25, 0.3) is 0 Å². The van der Waals surface area contributed by atoms with E-state index in [0.717, 1.165) is 29.5 Å². The van der Waals surface area contributed by atoms with E-state index in [1.54, 1.807) is 0 Å². The van der Waals surface area contributed by atoms with E-state index in [2.05, 4.69) is 47.5 Å². The normalized spacial score (nSPS) is 19.4. The van der Waals surface area contributed by atoms with Crippen LogP contribution in [0.5, 0.6) is 5.75 Å². The number of nitrogens with one attached hydrogen (secondary N) is 8. The van der Waals surface area contributed by atoms with Crippen molar-refractivity contribution in [2.75, 3.05) is 58.2 Å². The Balaban J connectivity index is 1.46. The summed E-state index contributed by atoms with van der Waals surface area (Å²) in [5, 5.41) is 40.3. The van der Waals surface area contributed by atoms with Crippen LogP contribution in [-0.2, 0) is 68.7 Å². The number of ether oxygens (including phenoxy) is 1. The summed E-state index contributed by atoms with van der Waals surface area (Å²) >= 11 is 1.14. The lowest BCUT2D eigenvalue weighted by atomic mass is 9.89. The number of nitrogens with two attached hydrogens (primary N) is 2. The van der Waals surface area contributed by atoms with Crippen LogP contribution in [0.1, 0.15) is 123 Å². The molecule has 14 N–H and O–H groups in total. The van der Waals surface area contributed by atoms with Gasteiger partial charge in [-0.15, -0.1) is 11.8 Å². The number of unbranched alkanes of at least 4 members (excludes halogenated alkanes) is 2. The maximum Gasteiger partial charge on any atom is 0.305 e. The third-order valence-electron chi connectivity index (χ3n) is 13.4. The van der Waals surface area contributed by atoms with Crippen molar-refractivity contribution in [2.24, 2.45) is 28.3 Å². The molecule has 0 spiro atoms. The van der Waals surface area contributed by atoms with Crippen LogP contribution in [0.3, 0.4) is 0 Å². The molecule has 1 aromatic rings. The minimum absolute atomic E-state index is 0.00385. The van der Waals surface area contributed by atoms with Gasteiger partial charge in [-0.2, -0.15) is 0 Å². The summed E-state index contributed by atoms with van der Waals surface area (Å²) in [7, 11) is 0. The molecule has 2 aliphatic rings. The summed E-state index contributed by atoms with van der Waals surface area (Å²) in [5.41, 5.74) is 11.4. The Morgan fingerprint density at radius 3 is 2.05 bits per heavy atom. The number of rotatable bonds is 35. The number of amides is 9. The molecule has 6 atom stereocenters. The molecule has 1 unspecified atom stereocenters. The van der Waals surface area contributed by atoms with E-state index < -0.39 is 102 Å². The van der Waals surface area contributed by atoms with Gasteiger partial charge in [-0.05, 0) is 75.5 Å². The average molecular weight is 1190 g/mol. The number of ketones is 2. The third-order valence-corrected chi connectivity index (χ3v) is 14.6. The Kier molecular flexibility index (Phi) is 31.9. The highest BCUT2D eigenvalue weighted by Gasteiger charge is 2.39. The molecule has 0 aromatic heterocycles. The number of likely N-dealkylation sites (tertiary alicyclic amines) is 1. The van der Waals surface area contributed by atoms with Crippen molar-refractivity contribution in [1.82, 2.24) is 47.4 Å². The van der Waals surface area contributed by atoms with E-state index in [9.17, 15) is 67.7 Å². The van der Waals surface area contributed by atoms with Gasteiger partial charge in [-0.25, -0.2) is 0 Å². The van der Waals surface area contributed by atoms with Gasteiger partial charge in [0.05, 0.1) is 43.5 Å². The highest BCUT2D eigenvalue weighted by Crippen LogP contribution is 2.26. The molecular weight excluding hydrogens is 1100 g/mol. The van der Waals surface area contributed by atoms with Crippen LogP contribution >= 0.6 is 11.8 Å². The second-order valence-corrected chi connectivity index (χ2v) is 22.3. The standard InChI is InChI=1S/C55H86N12O15S/c1-33(2)50(77)39(63-34(3)4)11-6-8-20-58-45(71)18-25-82-26-23-60-44(70)17-24-67-48(74)31-43(54(67)81)83-27-19-46(72)59-21-7-5-10-38-42(69)29-36(28-35-13-15-37(68)16-14-35)51(78)66-41(30-49(75)76)52(79)62-32-47(73)64-40(53(80)65-38)12-9-22-61-55(56)57/h13-16,33-34,36,38-41,43,63,68H,5-12,17-32H2,1-4H3,(H,58,71)(H,59,72)(H,60,70)(H,62,79)(H,64,73)(H,65,80)(H,66,78)(H,75,76)(H4,56,57,61)/t36-,38+,39+,40+,41+,43?/m1/s1. The zero-order chi connectivity index (χ0) is 61.4. The Hall–Kier alpha value is -7.20. The van der Waals surface area contributed by atoms with Gasteiger partial charge >= 0.3 is 5.97 Å². The molecule has 2 heterocycles. The first kappa shape index (κ1) is 70.1. The predicted molar refractivity (Wildman–Crippen MR) is 307 cm³/mol. The molecule has 2 aliphatic heterocycles. The Labute approximate surface area is 488 Å². The van der Waals surface area contributed by atoms with Gasteiger partial charge < -0.3 is 69.0 Å². The van der Waals surface area contributed by atoms with Gasteiger partial charge in [-0.1, -0.05) is 39.8 Å². The largest absolute Gasteiger partial charge is 0.508 e. The zero-order valence-electron chi connectivity index (χ0n) is 48.1. The minimum atomic E-state index is -1.64. The number of carbonyl (C=O) groups is 12. The Bertz CT molecular complexity index is 2410. The van der Waals surface area contributed by atoms with E-state index in [0.29, 0.717) is 24.9 Å². The molecule has 0 aliphatic carbocycles. The van der Waals surface area contributed by atoms with Gasteiger partial charge in [0.15, 0.2) is 17.5 Å². The summed E-state index contributed by atoms with van der Waals surface area (Å²) in [6.45, 7) is 8.14. The zero-order valence-corrected chi connectivity index (χ0v) is 48.9. The first-order valence-electron chi connectivity index (χ1n) is 28.3. The van der Waals surface area contributed by atoms with E-state index in [4.69, 9.17) is 16.2 Å². The van der Waals surface area contributed by atoms with Crippen molar-refractivity contribution in [3.05, 3.63) is 29.8 Å². The lowest BCUT2D eigenvalue weighted by Crippen LogP contribution is -2.54. The number of imide groups is 1. The van der Waals surface area contributed by atoms with Crippen molar-refractivity contribution < 1.29 is 72.5 Å².